The van der Waals surface area contributed by atoms with Crippen LogP contribution >= 0.6 is 0 Å². The number of carbonyl (C=O) groups excluding carboxylic acids is 1. The standard InChI is InChI=1S/C13H16FN3O3/c14-10-3-1-4-11(13(10)17(19)20)15-8-2-5-12(18)16-9-6-7-9/h1,3-4,9,15H,2,5-8H2,(H,16,18). The van der Waals surface area contributed by atoms with Gasteiger partial charge in [0, 0.05) is 19.0 Å². The molecule has 1 aromatic carbocycles. The van der Waals surface area contributed by atoms with Gasteiger partial charge in [0.25, 0.3) is 0 Å². The van der Waals surface area contributed by atoms with Crippen molar-refractivity contribution in [2.45, 2.75) is 31.7 Å². The predicted octanol–water partition coefficient (Wildman–Crippen LogP) is 2.20. The highest BCUT2D eigenvalue weighted by Crippen LogP contribution is 2.27. The van der Waals surface area contributed by atoms with Crippen molar-refractivity contribution in [2.75, 3.05) is 11.9 Å². The topological polar surface area (TPSA) is 84.3 Å². The number of para-hydroxylation sites is 1. The molecule has 1 amide bonds. The molecule has 108 valence electrons. The molecule has 1 fully saturated rings. The van der Waals surface area contributed by atoms with E-state index < -0.39 is 16.4 Å². The fourth-order valence-corrected chi connectivity index (χ4v) is 1.84. The Morgan fingerprint density at radius 2 is 2.20 bits per heavy atom. The number of rotatable bonds is 7. The lowest BCUT2D eigenvalue weighted by molar-refractivity contribution is -0.386. The first kappa shape index (κ1) is 14.2. The summed E-state index contributed by atoms with van der Waals surface area (Å²) in [5.41, 5.74) is -0.424. The molecule has 0 aromatic heterocycles. The second-order valence-electron chi connectivity index (χ2n) is 4.77. The van der Waals surface area contributed by atoms with Crippen molar-refractivity contribution in [1.82, 2.24) is 5.32 Å². The van der Waals surface area contributed by atoms with Crippen LogP contribution in [0.1, 0.15) is 25.7 Å². The van der Waals surface area contributed by atoms with E-state index in [0.29, 0.717) is 25.4 Å². The van der Waals surface area contributed by atoms with Gasteiger partial charge in [0.05, 0.1) is 4.92 Å². The van der Waals surface area contributed by atoms with Crippen molar-refractivity contribution in [3.8, 4) is 0 Å². The number of nitrogens with one attached hydrogen (secondary N) is 2. The van der Waals surface area contributed by atoms with E-state index in [4.69, 9.17) is 0 Å². The highest BCUT2D eigenvalue weighted by Gasteiger charge is 2.23. The molecule has 1 aromatic rings. The maximum Gasteiger partial charge on any atom is 0.327 e. The van der Waals surface area contributed by atoms with Crippen LogP contribution in [-0.4, -0.2) is 23.4 Å². The summed E-state index contributed by atoms with van der Waals surface area (Å²) in [6, 6.07) is 4.24. The molecular weight excluding hydrogens is 265 g/mol. The molecule has 1 aliphatic carbocycles. The van der Waals surface area contributed by atoms with E-state index in [2.05, 4.69) is 10.6 Å². The summed E-state index contributed by atoms with van der Waals surface area (Å²) in [4.78, 5) is 21.4. The number of anilines is 1. The van der Waals surface area contributed by atoms with Gasteiger partial charge in [-0.25, -0.2) is 0 Å². The zero-order chi connectivity index (χ0) is 14.5. The number of halogens is 1. The maximum absolute atomic E-state index is 13.3. The van der Waals surface area contributed by atoms with Gasteiger partial charge in [-0.15, -0.1) is 0 Å². The van der Waals surface area contributed by atoms with Gasteiger partial charge in [-0.1, -0.05) is 6.07 Å². The monoisotopic (exact) mass is 281 g/mol. The fraction of sp³-hybridized carbons (Fsp3) is 0.462. The summed E-state index contributed by atoms with van der Waals surface area (Å²) < 4.78 is 13.3. The van der Waals surface area contributed by atoms with Gasteiger partial charge in [0.1, 0.15) is 5.69 Å². The Morgan fingerprint density at radius 1 is 1.45 bits per heavy atom. The van der Waals surface area contributed by atoms with E-state index in [0.717, 1.165) is 18.9 Å². The number of amides is 1. The van der Waals surface area contributed by atoms with Crippen LogP contribution in [-0.2, 0) is 4.79 Å². The van der Waals surface area contributed by atoms with E-state index >= 15 is 0 Å². The van der Waals surface area contributed by atoms with Crippen LogP contribution in [0.2, 0.25) is 0 Å². The zero-order valence-electron chi connectivity index (χ0n) is 10.9. The van der Waals surface area contributed by atoms with Crippen LogP contribution in [0.5, 0.6) is 0 Å². The Labute approximate surface area is 115 Å². The van der Waals surface area contributed by atoms with Crippen LogP contribution in [0.15, 0.2) is 18.2 Å². The summed E-state index contributed by atoms with van der Waals surface area (Å²) in [6.45, 7) is 0.377. The number of nitro groups is 1. The van der Waals surface area contributed by atoms with Crippen LogP contribution in [0.3, 0.4) is 0 Å². The first-order valence-electron chi connectivity index (χ1n) is 6.54. The zero-order valence-corrected chi connectivity index (χ0v) is 10.9. The molecule has 0 bridgehead atoms. The van der Waals surface area contributed by atoms with Crippen molar-refractivity contribution >= 4 is 17.3 Å². The van der Waals surface area contributed by atoms with Gasteiger partial charge in [-0.3, -0.25) is 14.9 Å². The second-order valence-corrected chi connectivity index (χ2v) is 4.77. The van der Waals surface area contributed by atoms with Gasteiger partial charge in [0.15, 0.2) is 0 Å². The van der Waals surface area contributed by atoms with Crippen molar-refractivity contribution in [3.05, 3.63) is 34.1 Å². The summed E-state index contributed by atoms with van der Waals surface area (Å²) in [5, 5.41) is 16.4. The number of hydrogen-bond acceptors (Lipinski definition) is 4. The average Bonchev–Trinajstić information content (AvgIpc) is 3.18. The number of nitro benzene ring substituents is 1. The Bertz CT molecular complexity index is 518. The van der Waals surface area contributed by atoms with E-state index in [1.165, 1.54) is 12.1 Å². The normalized spacial score (nSPS) is 13.8. The fourth-order valence-electron chi connectivity index (χ4n) is 1.84. The van der Waals surface area contributed by atoms with Gasteiger partial charge in [0.2, 0.25) is 11.7 Å². The molecule has 1 saturated carbocycles. The Kier molecular flexibility index (Phi) is 4.49. The van der Waals surface area contributed by atoms with E-state index in [1.807, 2.05) is 0 Å². The van der Waals surface area contributed by atoms with E-state index in [9.17, 15) is 19.3 Å². The number of carbonyl (C=O) groups is 1. The molecular formula is C13H16FN3O3. The van der Waals surface area contributed by atoms with Crippen molar-refractivity contribution in [3.63, 3.8) is 0 Å². The molecule has 0 aliphatic heterocycles. The van der Waals surface area contributed by atoms with Crippen LogP contribution in [0.25, 0.3) is 0 Å². The Morgan fingerprint density at radius 3 is 2.85 bits per heavy atom. The average molecular weight is 281 g/mol. The first-order valence-corrected chi connectivity index (χ1v) is 6.54. The molecule has 2 N–H and O–H groups in total. The highest BCUT2D eigenvalue weighted by atomic mass is 19.1. The Balaban J connectivity index is 1.80. The third kappa shape index (κ3) is 3.91. The van der Waals surface area contributed by atoms with Crippen molar-refractivity contribution in [1.29, 1.82) is 0 Å². The lowest BCUT2D eigenvalue weighted by Crippen LogP contribution is -2.25. The van der Waals surface area contributed by atoms with Gasteiger partial charge in [-0.2, -0.15) is 4.39 Å². The minimum Gasteiger partial charge on any atom is -0.379 e. The number of nitrogens with zero attached hydrogens (tertiary/aromatic N) is 1. The molecule has 0 radical (unpaired) electrons. The predicted molar refractivity (Wildman–Crippen MR) is 71.9 cm³/mol. The van der Waals surface area contributed by atoms with Crippen molar-refractivity contribution in [2.24, 2.45) is 0 Å². The smallest absolute Gasteiger partial charge is 0.327 e. The SMILES string of the molecule is O=C(CCCNc1cccc(F)c1[N+](=O)[O-])NC1CC1. The third-order valence-corrected chi connectivity index (χ3v) is 3.01. The third-order valence-electron chi connectivity index (χ3n) is 3.01. The minimum atomic E-state index is -0.869. The maximum atomic E-state index is 13.3. The molecule has 0 atom stereocenters. The molecule has 2 rings (SSSR count). The molecule has 6 nitrogen and oxygen atoms in total. The molecule has 0 spiro atoms. The first-order chi connectivity index (χ1) is 9.58. The molecule has 7 heteroatoms. The molecule has 0 heterocycles. The largest absolute Gasteiger partial charge is 0.379 e. The van der Waals surface area contributed by atoms with Gasteiger partial charge < -0.3 is 10.6 Å². The summed E-state index contributed by atoms with van der Waals surface area (Å²) in [6.07, 6.45) is 2.97. The molecule has 1 aliphatic rings. The van der Waals surface area contributed by atoms with Crippen LogP contribution in [0.4, 0.5) is 15.8 Å². The second kappa shape index (κ2) is 6.31. The summed E-state index contributed by atoms with van der Waals surface area (Å²) in [7, 11) is 0. The Hall–Kier alpha value is -2.18. The minimum absolute atomic E-state index is 0.0111. The quantitative estimate of drug-likeness (QED) is 0.456. The number of hydrogen-bond donors (Lipinski definition) is 2. The lowest BCUT2D eigenvalue weighted by atomic mass is 10.2. The summed E-state index contributed by atoms with van der Waals surface area (Å²) in [5.74, 6) is -0.880. The van der Waals surface area contributed by atoms with Gasteiger partial charge in [-0.05, 0) is 31.4 Å². The van der Waals surface area contributed by atoms with Crippen LogP contribution in [0, 0.1) is 15.9 Å². The van der Waals surface area contributed by atoms with Gasteiger partial charge >= 0.3 is 5.69 Å². The highest BCUT2D eigenvalue weighted by molar-refractivity contribution is 5.76. The van der Waals surface area contributed by atoms with Crippen LogP contribution < -0.4 is 10.6 Å². The van der Waals surface area contributed by atoms with E-state index in [-0.39, 0.29) is 11.6 Å². The van der Waals surface area contributed by atoms with E-state index in [1.54, 1.807) is 0 Å². The molecule has 0 saturated heterocycles. The molecule has 0 unspecified atom stereocenters. The van der Waals surface area contributed by atoms with Crippen molar-refractivity contribution < 1.29 is 14.1 Å². The lowest BCUT2D eigenvalue weighted by Gasteiger charge is -2.07. The number of benzene rings is 1. The molecule has 20 heavy (non-hydrogen) atoms. The summed E-state index contributed by atoms with van der Waals surface area (Å²) >= 11 is 0.